The molecule has 4 rings (SSSR count). The maximum atomic E-state index is 13.5. The van der Waals surface area contributed by atoms with Crippen LogP contribution < -0.4 is 14.8 Å². The summed E-state index contributed by atoms with van der Waals surface area (Å²) in [6, 6.07) is 10.5. The number of hydrogen-bond acceptors (Lipinski definition) is 4. The maximum Gasteiger partial charge on any atom is 0.243 e. The summed E-state index contributed by atoms with van der Waals surface area (Å²) in [5, 5.41) is 4.17. The first-order chi connectivity index (χ1) is 16.4. The molecule has 0 unspecified atom stereocenters. The largest absolute Gasteiger partial charge is 0.454 e. The van der Waals surface area contributed by atoms with Crippen molar-refractivity contribution in [2.75, 3.05) is 6.79 Å². The van der Waals surface area contributed by atoms with Crippen molar-refractivity contribution < 1.29 is 19.1 Å². The van der Waals surface area contributed by atoms with Crippen molar-refractivity contribution in [2.24, 2.45) is 0 Å². The van der Waals surface area contributed by atoms with Gasteiger partial charge in [-0.2, -0.15) is 0 Å². The van der Waals surface area contributed by atoms with Crippen molar-refractivity contribution in [1.29, 1.82) is 0 Å². The van der Waals surface area contributed by atoms with Gasteiger partial charge in [-0.25, -0.2) is 0 Å². The Morgan fingerprint density at radius 2 is 1.85 bits per heavy atom. The molecule has 2 aliphatic rings. The lowest BCUT2D eigenvalue weighted by atomic mass is 10.1. The number of ether oxygens (including phenoxy) is 2. The molecule has 0 bridgehead atoms. The molecule has 0 radical (unpaired) electrons. The van der Waals surface area contributed by atoms with E-state index in [4.69, 9.17) is 32.7 Å². The minimum Gasteiger partial charge on any atom is -0.454 e. The second-order valence-electron chi connectivity index (χ2n) is 8.86. The SMILES string of the molecule is CC[C@H](C(=O)NC1CCCC1)N(Cc1ccc(Cl)cc1Cl)C(=O)CCc1ccc2c(c1)OCO2. The summed E-state index contributed by atoms with van der Waals surface area (Å²) in [6.07, 6.45) is 5.53. The lowest BCUT2D eigenvalue weighted by molar-refractivity contribution is -0.141. The van der Waals surface area contributed by atoms with Crippen molar-refractivity contribution in [2.45, 2.75) is 70.5 Å². The van der Waals surface area contributed by atoms with Gasteiger partial charge in [0.1, 0.15) is 6.04 Å². The van der Waals surface area contributed by atoms with Crippen LogP contribution in [0.4, 0.5) is 0 Å². The van der Waals surface area contributed by atoms with Crippen molar-refractivity contribution in [3.8, 4) is 11.5 Å². The van der Waals surface area contributed by atoms with E-state index in [2.05, 4.69) is 5.32 Å². The second kappa shape index (κ2) is 11.3. The summed E-state index contributed by atoms with van der Waals surface area (Å²) in [5.41, 5.74) is 1.74. The van der Waals surface area contributed by atoms with Crippen LogP contribution in [0.5, 0.6) is 11.5 Å². The van der Waals surface area contributed by atoms with Crippen LogP contribution in [-0.4, -0.2) is 35.6 Å². The van der Waals surface area contributed by atoms with Gasteiger partial charge in [-0.3, -0.25) is 9.59 Å². The molecule has 1 N–H and O–H groups in total. The summed E-state index contributed by atoms with van der Waals surface area (Å²) in [5.74, 6) is 1.20. The molecule has 1 atom stereocenters. The number of halogens is 2. The molecule has 0 spiro atoms. The van der Waals surface area contributed by atoms with E-state index in [0.717, 1.165) is 36.8 Å². The van der Waals surface area contributed by atoms with Crippen LogP contribution in [0.25, 0.3) is 0 Å². The van der Waals surface area contributed by atoms with Gasteiger partial charge in [0.2, 0.25) is 18.6 Å². The summed E-state index contributed by atoms with van der Waals surface area (Å²) in [6.45, 7) is 2.38. The highest BCUT2D eigenvalue weighted by atomic mass is 35.5. The lowest BCUT2D eigenvalue weighted by Gasteiger charge is -2.32. The predicted octanol–water partition coefficient (Wildman–Crippen LogP) is 5.52. The van der Waals surface area contributed by atoms with E-state index in [-0.39, 0.29) is 37.6 Å². The van der Waals surface area contributed by atoms with E-state index in [0.29, 0.717) is 34.4 Å². The Labute approximate surface area is 210 Å². The Bertz CT molecular complexity index is 1040. The fourth-order valence-corrected chi connectivity index (χ4v) is 5.08. The molecule has 1 saturated carbocycles. The van der Waals surface area contributed by atoms with Gasteiger partial charge in [0.05, 0.1) is 0 Å². The Hall–Kier alpha value is -2.44. The maximum absolute atomic E-state index is 13.5. The summed E-state index contributed by atoms with van der Waals surface area (Å²) < 4.78 is 10.8. The molecule has 1 aliphatic carbocycles. The number of hydrogen-bond donors (Lipinski definition) is 1. The standard InChI is InChI=1S/C26H30Cl2N2O4/c1-2-22(26(32)29-20-5-3-4-6-20)30(15-18-9-10-19(27)14-21(18)28)25(31)12-8-17-7-11-23-24(13-17)34-16-33-23/h7,9-11,13-14,20,22H,2-6,8,12,15-16H2,1H3,(H,29,32)/t22-/m1/s1. The number of benzene rings is 2. The molecule has 8 heteroatoms. The van der Waals surface area contributed by atoms with Gasteiger partial charge in [-0.05, 0) is 61.1 Å². The number of nitrogens with one attached hydrogen (secondary N) is 1. The average Bonchev–Trinajstić information content (AvgIpc) is 3.50. The van der Waals surface area contributed by atoms with Gasteiger partial charge in [0.15, 0.2) is 11.5 Å². The van der Waals surface area contributed by atoms with Crippen molar-refractivity contribution >= 4 is 35.0 Å². The number of carbonyl (C=O) groups is 2. The molecule has 1 heterocycles. The van der Waals surface area contributed by atoms with Gasteiger partial charge in [0, 0.05) is 29.1 Å². The third-order valence-corrected chi connectivity index (χ3v) is 7.09. The molecule has 34 heavy (non-hydrogen) atoms. The number of aryl methyl sites for hydroxylation is 1. The Morgan fingerprint density at radius 1 is 1.09 bits per heavy atom. The van der Waals surface area contributed by atoms with Gasteiger partial charge in [-0.15, -0.1) is 0 Å². The van der Waals surface area contributed by atoms with Crippen LogP contribution in [0.15, 0.2) is 36.4 Å². The molecule has 1 aliphatic heterocycles. The van der Waals surface area contributed by atoms with E-state index in [1.165, 1.54) is 0 Å². The van der Waals surface area contributed by atoms with E-state index < -0.39 is 6.04 Å². The smallest absolute Gasteiger partial charge is 0.243 e. The summed E-state index contributed by atoms with van der Waals surface area (Å²) >= 11 is 12.5. The first-order valence-corrected chi connectivity index (χ1v) is 12.6. The molecule has 2 amide bonds. The van der Waals surface area contributed by atoms with Gasteiger partial charge in [0.25, 0.3) is 0 Å². The zero-order chi connectivity index (χ0) is 24.1. The Morgan fingerprint density at radius 3 is 2.59 bits per heavy atom. The lowest BCUT2D eigenvalue weighted by Crippen LogP contribution is -2.51. The fraction of sp³-hybridized carbons (Fsp3) is 0.462. The Kier molecular flexibility index (Phi) is 8.22. The van der Waals surface area contributed by atoms with Gasteiger partial charge < -0.3 is 19.7 Å². The number of nitrogens with zero attached hydrogens (tertiary/aromatic N) is 1. The fourth-order valence-electron chi connectivity index (χ4n) is 4.61. The Balaban J connectivity index is 1.51. The first kappa shape index (κ1) is 24.7. The first-order valence-electron chi connectivity index (χ1n) is 11.9. The monoisotopic (exact) mass is 504 g/mol. The molecule has 6 nitrogen and oxygen atoms in total. The molecule has 2 aromatic rings. The molecular weight excluding hydrogens is 475 g/mol. The van der Waals surface area contributed by atoms with Crippen LogP contribution in [-0.2, 0) is 22.6 Å². The highest BCUT2D eigenvalue weighted by Gasteiger charge is 2.31. The van der Waals surface area contributed by atoms with Crippen molar-refractivity contribution in [1.82, 2.24) is 10.2 Å². The summed E-state index contributed by atoms with van der Waals surface area (Å²) in [4.78, 5) is 28.4. The van der Waals surface area contributed by atoms with E-state index in [1.807, 2.05) is 31.2 Å². The van der Waals surface area contributed by atoms with Gasteiger partial charge >= 0.3 is 0 Å². The topological polar surface area (TPSA) is 67.9 Å². The number of rotatable bonds is 9. The van der Waals surface area contributed by atoms with Crippen LogP contribution in [0.2, 0.25) is 10.0 Å². The highest BCUT2D eigenvalue weighted by molar-refractivity contribution is 6.35. The zero-order valence-corrected chi connectivity index (χ0v) is 20.8. The molecule has 0 saturated heterocycles. The van der Waals surface area contributed by atoms with Crippen molar-refractivity contribution in [3.05, 3.63) is 57.6 Å². The third-order valence-electron chi connectivity index (χ3n) is 6.51. The number of amides is 2. The molecule has 182 valence electrons. The van der Waals surface area contributed by atoms with E-state index in [1.54, 1.807) is 17.0 Å². The van der Waals surface area contributed by atoms with E-state index in [9.17, 15) is 9.59 Å². The molecule has 2 aromatic carbocycles. The minimum absolute atomic E-state index is 0.0999. The molecule has 0 aromatic heterocycles. The minimum atomic E-state index is -0.573. The molecule has 1 fully saturated rings. The number of fused-ring (bicyclic) bond motifs is 1. The summed E-state index contributed by atoms with van der Waals surface area (Å²) in [7, 11) is 0. The predicted molar refractivity (Wildman–Crippen MR) is 132 cm³/mol. The van der Waals surface area contributed by atoms with Crippen LogP contribution in [0.1, 0.15) is 56.6 Å². The second-order valence-corrected chi connectivity index (χ2v) is 9.70. The zero-order valence-electron chi connectivity index (χ0n) is 19.3. The number of carbonyl (C=O) groups excluding carboxylic acids is 2. The normalized spacial score (nSPS) is 15.9. The highest BCUT2D eigenvalue weighted by Crippen LogP contribution is 2.33. The average molecular weight is 505 g/mol. The van der Waals surface area contributed by atoms with Crippen LogP contribution in [0.3, 0.4) is 0 Å². The quantitative estimate of drug-likeness (QED) is 0.487. The van der Waals surface area contributed by atoms with E-state index >= 15 is 0 Å². The van der Waals surface area contributed by atoms with Crippen LogP contribution in [0, 0.1) is 0 Å². The van der Waals surface area contributed by atoms with Gasteiger partial charge in [-0.1, -0.05) is 55.1 Å². The van der Waals surface area contributed by atoms with Crippen LogP contribution >= 0.6 is 23.2 Å². The molecular formula is C26H30Cl2N2O4. The third kappa shape index (κ3) is 5.97. The van der Waals surface area contributed by atoms with Crippen molar-refractivity contribution in [3.63, 3.8) is 0 Å².